The molecule has 7 heteroatoms. The number of thiophene rings is 1. The quantitative estimate of drug-likeness (QED) is 0.613. The molecule has 0 aliphatic carbocycles. The molecule has 0 aliphatic rings. The van der Waals surface area contributed by atoms with Gasteiger partial charge >= 0.3 is 0 Å². The van der Waals surface area contributed by atoms with E-state index >= 15 is 0 Å². The average molecular weight is 407 g/mol. The highest BCUT2D eigenvalue weighted by atomic mass is 79.9. The van der Waals surface area contributed by atoms with Crippen LogP contribution in [0.5, 0.6) is 0 Å². The Morgan fingerprint density at radius 2 is 1.92 bits per heavy atom. The third-order valence-electron chi connectivity index (χ3n) is 3.54. The Hall–Kier alpha value is -1.54. The summed E-state index contributed by atoms with van der Waals surface area (Å²) in [6.45, 7) is 3.02. The van der Waals surface area contributed by atoms with Gasteiger partial charge in [0.05, 0.1) is 15.2 Å². The molecule has 2 heterocycles. The van der Waals surface area contributed by atoms with Crippen LogP contribution in [0.4, 0.5) is 0 Å². The van der Waals surface area contributed by atoms with Crippen LogP contribution in [-0.4, -0.2) is 28.2 Å². The monoisotopic (exact) mass is 406 g/mol. The van der Waals surface area contributed by atoms with Crippen LogP contribution in [0.2, 0.25) is 0 Å². The van der Waals surface area contributed by atoms with Crippen molar-refractivity contribution in [3.05, 3.63) is 57.7 Å². The van der Waals surface area contributed by atoms with Crippen LogP contribution in [0.15, 0.2) is 50.7 Å². The van der Waals surface area contributed by atoms with E-state index in [1.54, 1.807) is 11.3 Å². The summed E-state index contributed by atoms with van der Waals surface area (Å²) in [6.07, 6.45) is 0.936. The van der Waals surface area contributed by atoms with Crippen molar-refractivity contribution in [1.29, 1.82) is 0 Å². The minimum atomic E-state index is 0.569. The number of nitrogens with zero attached hydrogens (tertiary/aromatic N) is 3. The van der Waals surface area contributed by atoms with E-state index in [-0.39, 0.29) is 0 Å². The van der Waals surface area contributed by atoms with Gasteiger partial charge in [-0.25, -0.2) is 0 Å². The van der Waals surface area contributed by atoms with Crippen LogP contribution in [-0.2, 0) is 13.1 Å². The van der Waals surface area contributed by atoms with Crippen molar-refractivity contribution < 1.29 is 4.42 Å². The minimum absolute atomic E-state index is 0.569. The molecule has 0 saturated carbocycles. The summed E-state index contributed by atoms with van der Waals surface area (Å²) in [5.41, 5.74) is 6.93. The fourth-order valence-corrected chi connectivity index (χ4v) is 3.72. The minimum Gasteiger partial charge on any atom is -0.419 e. The molecule has 0 saturated heterocycles. The van der Waals surface area contributed by atoms with E-state index in [9.17, 15) is 0 Å². The Kier molecular flexibility index (Phi) is 6.14. The zero-order chi connectivity index (χ0) is 16.8. The van der Waals surface area contributed by atoms with Gasteiger partial charge in [0.15, 0.2) is 0 Å². The molecule has 24 heavy (non-hydrogen) atoms. The van der Waals surface area contributed by atoms with Crippen molar-refractivity contribution in [3.8, 4) is 10.8 Å². The molecule has 0 amide bonds. The molecular formula is C17H19BrN4OS. The van der Waals surface area contributed by atoms with Crippen LogP contribution in [0, 0.1) is 0 Å². The summed E-state index contributed by atoms with van der Waals surface area (Å²) in [5, 5.41) is 8.35. The molecule has 126 valence electrons. The van der Waals surface area contributed by atoms with Gasteiger partial charge in [0.1, 0.15) is 0 Å². The highest BCUT2D eigenvalue weighted by Gasteiger charge is 2.14. The van der Waals surface area contributed by atoms with E-state index in [0.29, 0.717) is 24.9 Å². The maximum atomic E-state index is 5.83. The molecule has 1 aromatic carbocycles. The Labute approximate surface area is 153 Å². The van der Waals surface area contributed by atoms with E-state index < -0.39 is 0 Å². The number of aromatic nitrogens is 2. The summed E-state index contributed by atoms with van der Waals surface area (Å²) >= 11 is 5.03. The molecule has 0 bridgehead atoms. The SMILES string of the molecule is NCCCN(Cc1ccccc1)Cc1nnc(-c2ccc(Br)s2)o1. The summed E-state index contributed by atoms with van der Waals surface area (Å²) in [4.78, 5) is 3.25. The number of nitrogens with two attached hydrogens (primary N) is 1. The van der Waals surface area contributed by atoms with Gasteiger partial charge in [-0.1, -0.05) is 30.3 Å². The molecule has 0 radical (unpaired) electrons. The van der Waals surface area contributed by atoms with Crippen LogP contribution in [0.3, 0.4) is 0 Å². The zero-order valence-electron chi connectivity index (χ0n) is 13.2. The maximum Gasteiger partial charge on any atom is 0.257 e. The van der Waals surface area contributed by atoms with Crippen LogP contribution >= 0.6 is 27.3 Å². The van der Waals surface area contributed by atoms with Gasteiger partial charge in [-0.05, 0) is 46.6 Å². The zero-order valence-corrected chi connectivity index (χ0v) is 15.6. The first-order valence-electron chi connectivity index (χ1n) is 7.79. The number of hydrogen-bond acceptors (Lipinski definition) is 6. The largest absolute Gasteiger partial charge is 0.419 e. The molecule has 0 fully saturated rings. The van der Waals surface area contributed by atoms with E-state index in [0.717, 1.165) is 28.2 Å². The summed E-state index contributed by atoms with van der Waals surface area (Å²) < 4.78 is 6.87. The molecule has 0 spiro atoms. The molecule has 0 atom stereocenters. The molecule has 5 nitrogen and oxygen atoms in total. The Balaban J connectivity index is 1.69. The van der Waals surface area contributed by atoms with E-state index in [4.69, 9.17) is 10.2 Å². The van der Waals surface area contributed by atoms with Crippen molar-refractivity contribution >= 4 is 27.3 Å². The fourth-order valence-electron chi connectivity index (χ4n) is 2.41. The molecule has 2 N–H and O–H groups in total. The molecule has 3 aromatic rings. The average Bonchev–Trinajstić information content (AvgIpc) is 3.22. The standard InChI is InChI=1S/C17H19BrN4OS/c18-15-8-7-14(24-15)17-21-20-16(23-17)12-22(10-4-9-19)11-13-5-2-1-3-6-13/h1-3,5-8H,4,9-12,19H2. The summed E-state index contributed by atoms with van der Waals surface area (Å²) in [6, 6.07) is 14.3. The second kappa shape index (κ2) is 8.53. The first kappa shape index (κ1) is 17.3. The lowest BCUT2D eigenvalue weighted by atomic mass is 10.2. The van der Waals surface area contributed by atoms with Crippen molar-refractivity contribution in [3.63, 3.8) is 0 Å². The molecular weight excluding hydrogens is 388 g/mol. The first-order valence-corrected chi connectivity index (χ1v) is 9.40. The third-order valence-corrected chi connectivity index (χ3v) is 5.15. The number of benzene rings is 1. The molecule has 0 aliphatic heterocycles. The first-order chi connectivity index (χ1) is 11.7. The lowest BCUT2D eigenvalue weighted by molar-refractivity contribution is 0.230. The topological polar surface area (TPSA) is 68.2 Å². The van der Waals surface area contributed by atoms with E-state index in [2.05, 4.69) is 55.3 Å². The van der Waals surface area contributed by atoms with Gasteiger partial charge in [0.25, 0.3) is 5.89 Å². The molecule has 2 aromatic heterocycles. The fraction of sp³-hybridized carbons (Fsp3) is 0.294. The summed E-state index contributed by atoms with van der Waals surface area (Å²) in [5.74, 6) is 1.20. The van der Waals surface area contributed by atoms with Gasteiger partial charge in [-0.15, -0.1) is 21.5 Å². The number of rotatable bonds is 8. The van der Waals surface area contributed by atoms with Gasteiger partial charge in [0, 0.05) is 13.1 Å². The predicted molar refractivity (Wildman–Crippen MR) is 99.5 cm³/mol. The number of hydrogen-bond donors (Lipinski definition) is 1. The normalized spacial score (nSPS) is 11.3. The van der Waals surface area contributed by atoms with Gasteiger partial charge in [-0.3, -0.25) is 4.90 Å². The summed E-state index contributed by atoms with van der Waals surface area (Å²) in [7, 11) is 0. The molecule has 3 rings (SSSR count). The maximum absolute atomic E-state index is 5.83. The predicted octanol–water partition coefficient (Wildman–Crippen LogP) is 3.91. The lowest BCUT2D eigenvalue weighted by Crippen LogP contribution is -2.25. The Morgan fingerprint density at radius 1 is 1.08 bits per heavy atom. The molecule has 0 unspecified atom stereocenters. The smallest absolute Gasteiger partial charge is 0.257 e. The lowest BCUT2D eigenvalue weighted by Gasteiger charge is -2.20. The van der Waals surface area contributed by atoms with Crippen molar-refractivity contribution in [2.24, 2.45) is 5.73 Å². The third kappa shape index (κ3) is 4.73. The number of halogens is 1. The van der Waals surface area contributed by atoms with Crippen molar-refractivity contribution in [1.82, 2.24) is 15.1 Å². The van der Waals surface area contributed by atoms with Crippen molar-refractivity contribution in [2.45, 2.75) is 19.5 Å². The Morgan fingerprint density at radius 3 is 2.62 bits per heavy atom. The second-order valence-electron chi connectivity index (χ2n) is 5.44. The van der Waals surface area contributed by atoms with Crippen LogP contribution < -0.4 is 5.73 Å². The van der Waals surface area contributed by atoms with Gasteiger partial charge in [-0.2, -0.15) is 0 Å². The van der Waals surface area contributed by atoms with Crippen LogP contribution in [0.1, 0.15) is 17.9 Å². The van der Waals surface area contributed by atoms with E-state index in [1.165, 1.54) is 5.56 Å². The second-order valence-corrected chi connectivity index (χ2v) is 7.91. The van der Waals surface area contributed by atoms with E-state index in [1.807, 2.05) is 18.2 Å². The van der Waals surface area contributed by atoms with Gasteiger partial charge < -0.3 is 10.2 Å². The van der Waals surface area contributed by atoms with Crippen LogP contribution in [0.25, 0.3) is 10.8 Å². The highest BCUT2D eigenvalue weighted by Crippen LogP contribution is 2.30. The Bertz CT molecular complexity index is 759. The van der Waals surface area contributed by atoms with Crippen molar-refractivity contribution in [2.75, 3.05) is 13.1 Å². The highest BCUT2D eigenvalue weighted by molar-refractivity contribution is 9.11. The van der Waals surface area contributed by atoms with Gasteiger partial charge in [0.2, 0.25) is 5.89 Å².